The monoisotopic (exact) mass is 318 g/mol. The van der Waals surface area contributed by atoms with Gasteiger partial charge in [0.05, 0.1) is 11.2 Å². The number of fused-ring (bicyclic) bond motifs is 1. The molecule has 1 aromatic heterocycles. The molecule has 1 atom stereocenters. The molecule has 2 aromatic rings. The highest BCUT2D eigenvalue weighted by Crippen LogP contribution is 2.32. The van der Waals surface area contributed by atoms with E-state index in [2.05, 4.69) is 20.9 Å². The van der Waals surface area contributed by atoms with Gasteiger partial charge in [-0.05, 0) is 25.0 Å². The van der Waals surface area contributed by atoms with Gasteiger partial charge in [-0.1, -0.05) is 34.1 Å². The summed E-state index contributed by atoms with van der Waals surface area (Å²) in [5, 5.41) is 1.92. The number of benzene rings is 1. The van der Waals surface area contributed by atoms with Crippen LogP contribution in [-0.2, 0) is 4.79 Å². The number of rotatable bonds is 2. The fourth-order valence-electron chi connectivity index (χ4n) is 2.63. The third-order valence-corrected chi connectivity index (χ3v) is 4.45. The zero-order valence-corrected chi connectivity index (χ0v) is 12.4. The van der Waals surface area contributed by atoms with E-state index in [4.69, 9.17) is 0 Å². The van der Waals surface area contributed by atoms with Gasteiger partial charge in [0.15, 0.2) is 0 Å². The van der Waals surface area contributed by atoms with Crippen molar-refractivity contribution in [2.24, 2.45) is 5.92 Å². The molecule has 1 aliphatic rings. The number of pyridine rings is 1. The minimum atomic E-state index is 0.209. The summed E-state index contributed by atoms with van der Waals surface area (Å²) in [7, 11) is 0. The van der Waals surface area contributed by atoms with Crippen molar-refractivity contribution < 1.29 is 4.79 Å². The number of para-hydroxylation sites is 1. The highest BCUT2D eigenvalue weighted by Gasteiger charge is 2.30. The summed E-state index contributed by atoms with van der Waals surface area (Å²) in [6.07, 6.45) is 0.626. The van der Waals surface area contributed by atoms with Gasteiger partial charge in [0.2, 0.25) is 5.91 Å². The van der Waals surface area contributed by atoms with Gasteiger partial charge in [-0.2, -0.15) is 0 Å². The van der Waals surface area contributed by atoms with Crippen LogP contribution in [0.1, 0.15) is 12.1 Å². The van der Waals surface area contributed by atoms with E-state index in [9.17, 15) is 4.79 Å². The molecule has 0 spiro atoms. The molecular formula is C15H15BrN2O. The molecule has 2 heterocycles. The highest BCUT2D eigenvalue weighted by atomic mass is 79.9. The van der Waals surface area contributed by atoms with Crippen molar-refractivity contribution in [2.75, 3.05) is 16.8 Å². The molecule has 1 fully saturated rings. The summed E-state index contributed by atoms with van der Waals surface area (Å²) in [5.74, 6) is 0.611. The predicted octanol–water partition coefficient (Wildman–Crippen LogP) is 3.29. The molecule has 1 aromatic carbocycles. The van der Waals surface area contributed by atoms with E-state index in [0.29, 0.717) is 12.3 Å². The van der Waals surface area contributed by atoms with Crippen molar-refractivity contribution in [1.82, 2.24) is 4.98 Å². The largest absolute Gasteiger partial charge is 0.311 e. The van der Waals surface area contributed by atoms with Gasteiger partial charge >= 0.3 is 0 Å². The number of carbonyl (C=O) groups is 1. The lowest BCUT2D eigenvalue weighted by molar-refractivity contribution is -0.117. The second-order valence-corrected chi connectivity index (χ2v) is 5.68. The van der Waals surface area contributed by atoms with Gasteiger partial charge in [-0.25, -0.2) is 0 Å². The minimum Gasteiger partial charge on any atom is -0.311 e. The van der Waals surface area contributed by atoms with E-state index < -0.39 is 0 Å². The maximum atomic E-state index is 12.2. The van der Waals surface area contributed by atoms with Crippen LogP contribution in [0.4, 0.5) is 5.69 Å². The normalized spacial score (nSPS) is 19.4. The lowest BCUT2D eigenvalue weighted by Crippen LogP contribution is -2.25. The number of aryl methyl sites for hydroxylation is 1. The molecular weight excluding hydrogens is 304 g/mol. The third kappa shape index (κ3) is 2.25. The lowest BCUT2D eigenvalue weighted by Gasteiger charge is -2.19. The van der Waals surface area contributed by atoms with Crippen molar-refractivity contribution >= 4 is 38.4 Å². The van der Waals surface area contributed by atoms with E-state index in [1.807, 2.05) is 42.2 Å². The Labute approximate surface area is 120 Å². The van der Waals surface area contributed by atoms with Crippen LogP contribution >= 0.6 is 15.9 Å². The van der Waals surface area contributed by atoms with Crippen molar-refractivity contribution in [1.29, 1.82) is 0 Å². The molecule has 0 N–H and O–H groups in total. The standard InChI is InChI=1S/C15H15BrN2O/c1-10-6-14(12-4-2-3-5-13(12)17-10)18-9-11(8-16)7-15(18)19/h2-6,11H,7-9H2,1H3. The molecule has 4 heteroatoms. The Morgan fingerprint density at radius 3 is 2.95 bits per heavy atom. The number of hydrogen-bond acceptors (Lipinski definition) is 2. The summed E-state index contributed by atoms with van der Waals surface area (Å²) in [6, 6.07) is 10.0. The smallest absolute Gasteiger partial charge is 0.227 e. The van der Waals surface area contributed by atoms with Crippen molar-refractivity contribution in [3.8, 4) is 0 Å². The van der Waals surface area contributed by atoms with Crippen LogP contribution in [0.25, 0.3) is 10.9 Å². The maximum absolute atomic E-state index is 12.2. The second-order valence-electron chi connectivity index (χ2n) is 5.03. The number of aromatic nitrogens is 1. The Hall–Kier alpha value is -1.42. The number of nitrogens with zero attached hydrogens (tertiary/aromatic N) is 2. The molecule has 0 saturated carbocycles. The van der Waals surface area contributed by atoms with Crippen LogP contribution in [0.5, 0.6) is 0 Å². The number of amides is 1. The Morgan fingerprint density at radius 2 is 2.21 bits per heavy atom. The van der Waals surface area contributed by atoms with Gasteiger partial charge in [0, 0.05) is 29.4 Å². The summed E-state index contributed by atoms with van der Waals surface area (Å²) in [6.45, 7) is 2.76. The molecule has 3 rings (SSSR count). The summed E-state index contributed by atoms with van der Waals surface area (Å²) in [4.78, 5) is 18.6. The average molecular weight is 319 g/mol. The topological polar surface area (TPSA) is 33.2 Å². The number of hydrogen-bond donors (Lipinski definition) is 0. The zero-order valence-electron chi connectivity index (χ0n) is 10.8. The number of carbonyl (C=O) groups excluding carboxylic acids is 1. The summed E-state index contributed by atoms with van der Waals surface area (Å²) < 4.78 is 0. The first-order valence-corrected chi connectivity index (χ1v) is 7.54. The predicted molar refractivity (Wildman–Crippen MR) is 80.7 cm³/mol. The minimum absolute atomic E-state index is 0.209. The Morgan fingerprint density at radius 1 is 1.42 bits per heavy atom. The van der Waals surface area contributed by atoms with E-state index in [0.717, 1.165) is 34.2 Å². The molecule has 1 unspecified atom stereocenters. The highest BCUT2D eigenvalue weighted by molar-refractivity contribution is 9.09. The number of halogens is 1. The number of anilines is 1. The van der Waals surface area contributed by atoms with Gasteiger partial charge < -0.3 is 4.90 Å². The van der Waals surface area contributed by atoms with Gasteiger partial charge in [0.1, 0.15) is 0 Å². The Kier molecular flexibility index (Phi) is 3.27. The molecule has 0 bridgehead atoms. The number of alkyl halides is 1. The lowest BCUT2D eigenvalue weighted by atomic mass is 10.1. The fourth-order valence-corrected chi connectivity index (χ4v) is 3.06. The molecule has 3 nitrogen and oxygen atoms in total. The fraction of sp³-hybridized carbons (Fsp3) is 0.333. The molecule has 0 radical (unpaired) electrons. The first kappa shape index (κ1) is 12.6. The first-order chi connectivity index (χ1) is 9.19. The van der Waals surface area contributed by atoms with E-state index in [-0.39, 0.29) is 5.91 Å². The molecule has 0 aliphatic carbocycles. The van der Waals surface area contributed by atoms with Crippen LogP contribution in [0.15, 0.2) is 30.3 Å². The molecule has 19 heavy (non-hydrogen) atoms. The van der Waals surface area contributed by atoms with Crippen LogP contribution in [0.2, 0.25) is 0 Å². The van der Waals surface area contributed by atoms with E-state index in [1.54, 1.807) is 0 Å². The van der Waals surface area contributed by atoms with Crippen LogP contribution in [-0.4, -0.2) is 22.8 Å². The molecule has 1 aliphatic heterocycles. The van der Waals surface area contributed by atoms with Crippen LogP contribution in [0.3, 0.4) is 0 Å². The Bertz CT molecular complexity index is 641. The van der Waals surface area contributed by atoms with Gasteiger partial charge in [0.25, 0.3) is 0 Å². The quantitative estimate of drug-likeness (QED) is 0.796. The Balaban J connectivity index is 2.12. The van der Waals surface area contributed by atoms with E-state index >= 15 is 0 Å². The van der Waals surface area contributed by atoms with E-state index in [1.165, 1.54) is 0 Å². The van der Waals surface area contributed by atoms with Crippen molar-refractivity contribution in [2.45, 2.75) is 13.3 Å². The molecule has 98 valence electrons. The van der Waals surface area contributed by atoms with Crippen molar-refractivity contribution in [3.05, 3.63) is 36.0 Å². The van der Waals surface area contributed by atoms with Gasteiger partial charge in [-0.3, -0.25) is 9.78 Å². The van der Waals surface area contributed by atoms with Crippen molar-refractivity contribution in [3.63, 3.8) is 0 Å². The van der Waals surface area contributed by atoms with Crippen LogP contribution in [0, 0.1) is 12.8 Å². The molecule has 1 saturated heterocycles. The average Bonchev–Trinajstić information content (AvgIpc) is 2.79. The van der Waals surface area contributed by atoms with Gasteiger partial charge in [-0.15, -0.1) is 0 Å². The maximum Gasteiger partial charge on any atom is 0.227 e. The first-order valence-electron chi connectivity index (χ1n) is 6.42. The zero-order chi connectivity index (χ0) is 13.4. The third-order valence-electron chi connectivity index (χ3n) is 3.54. The van der Waals surface area contributed by atoms with Crippen LogP contribution < -0.4 is 4.90 Å². The summed E-state index contributed by atoms with van der Waals surface area (Å²) >= 11 is 3.48. The molecule has 1 amide bonds. The second kappa shape index (κ2) is 4.93. The SMILES string of the molecule is Cc1cc(N2CC(CBr)CC2=O)c2ccccc2n1. The summed E-state index contributed by atoms with van der Waals surface area (Å²) in [5.41, 5.74) is 2.90.